The number of carbonyl (C=O) groups is 1. The zero-order valence-corrected chi connectivity index (χ0v) is 13.1. The maximum absolute atomic E-state index is 11.9. The van der Waals surface area contributed by atoms with E-state index in [2.05, 4.69) is 20.5 Å². The normalized spacial score (nSPS) is 23.0. The Hall–Kier alpha value is -1.53. The van der Waals surface area contributed by atoms with Gasteiger partial charge in [0, 0.05) is 31.9 Å². The van der Waals surface area contributed by atoms with Crippen molar-refractivity contribution in [2.45, 2.75) is 37.3 Å². The molecule has 2 aliphatic rings. The molecule has 0 bridgehead atoms. The van der Waals surface area contributed by atoms with Crippen molar-refractivity contribution in [2.75, 3.05) is 24.5 Å². The van der Waals surface area contributed by atoms with E-state index in [1.807, 2.05) is 6.07 Å². The molecule has 2 fully saturated rings. The highest BCUT2D eigenvalue weighted by Crippen LogP contribution is 2.30. The van der Waals surface area contributed by atoms with Crippen LogP contribution in [0.5, 0.6) is 0 Å². The minimum absolute atomic E-state index is 0.0640. The minimum Gasteiger partial charge on any atom is -0.388 e. The largest absolute Gasteiger partial charge is 0.388 e. The Morgan fingerprint density at radius 2 is 2.36 bits per heavy atom. The molecule has 1 aliphatic heterocycles. The zero-order chi connectivity index (χ0) is 15.6. The fourth-order valence-electron chi connectivity index (χ4n) is 2.92. The first-order valence-electron chi connectivity index (χ1n) is 7.68. The van der Waals surface area contributed by atoms with Crippen molar-refractivity contribution >= 4 is 23.4 Å². The van der Waals surface area contributed by atoms with E-state index in [0.29, 0.717) is 18.1 Å². The molecular weight excluding hydrogens is 304 g/mol. The molecule has 2 heterocycles. The fraction of sp³-hybridized carbons (Fsp3) is 0.600. The summed E-state index contributed by atoms with van der Waals surface area (Å²) in [6, 6.07) is 3.46. The molecule has 2 amide bonds. The van der Waals surface area contributed by atoms with Crippen LogP contribution in [0.25, 0.3) is 0 Å². The fourth-order valence-corrected chi connectivity index (χ4v) is 3.16. The van der Waals surface area contributed by atoms with Crippen molar-refractivity contribution in [1.82, 2.24) is 15.6 Å². The average Bonchev–Trinajstić information content (AvgIpc) is 2.92. The molecule has 3 rings (SSSR count). The standard InChI is InChI=1S/C15H21ClN4O2/c16-12-3-1-7-17-13(12)20-8-4-11(9-20)19-14(21)18-10-15(22)5-2-6-15/h1,3,7,11,22H,2,4-6,8-10H2,(H2,18,19,21). The van der Waals surface area contributed by atoms with E-state index >= 15 is 0 Å². The predicted molar refractivity (Wildman–Crippen MR) is 85.2 cm³/mol. The minimum atomic E-state index is -0.694. The Morgan fingerprint density at radius 1 is 1.55 bits per heavy atom. The van der Waals surface area contributed by atoms with E-state index in [9.17, 15) is 9.90 Å². The predicted octanol–water partition coefficient (Wildman–Crippen LogP) is 1.53. The maximum atomic E-state index is 11.9. The molecule has 1 saturated heterocycles. The molecule has 1 unspecified atom stereocenters. The molecule has 1 atom stereocenters. The number of hydrogen-bond donors (Lipinski definition) is 3. The number of rotatable bonds is 4. The first-order valence-corrected chi connectivity index (χ1v) is 8.06. The Balaban J connectivity index is 1.46. The SMILES string of the molecule is O=C(NCC1(O)CCC1)NC1CCN(c2ncccc2Cl)C1. The van der Waals surface area contributed by atoms with Crippen LogP contribution in [0.1, 0.15) is 25.7 Å². The Labute approximate surface area is 134 Å². The molecule has 6 nitrogen and oxygen atoms in total. The van der Waals surface area contributed by atoms with Crippen LogP contribution in [0.15, 0.2) is 18.3 Å². The molecule has 7 heteroatoms. The number of anilines is 1. The number of nitrogens with one attached hydrogen (secondary N) is 2. The second kappa shape index (κ2) is 6.30. The van der Waals surface area contributed by atoms with Gasteiger partial charge in [0.25, 0.3) is 0 Å². The number of halogens is 1. The van der Waals surface area contributed by atoms with Crippen LogP contribution in [0, 0.1) is 0 Å². The number of nitrogens with zero attached hydrogens (tertiary/aromatic N) is 2. The third kappa shape index (κ3) is 3.44. The van der Waals surface area contributed by atoms with E-state index in [1.165, 1.54) is 0 Å². The zero-order valence-electron chi connectivity index (χ0n) is 12.4. The molecule has 120 valence electrons. The molecule has 0 radical (unpaired) electrons. The van der Waals surface area contributed by atoms with E-state index in [1.54, 1.807) is 12.3 Å². The molecule has 1 aromatic heterocycles. The lowest BCUT2D eigenvalue weighted by molar-refractivity contribution is -0.0290. The molecule has 22 heavy (non-hydrogen) atoms. The van der Waals surface area contributed by atoms with Crippen LogP contribution in [-0.4, -0.2) is 47.4 Å². The monoisotopic (exact) mass is 324 g/mol. The summed E-state index contributed by atoms with van der Waals surface area (Å²) in [5.74, 6) is 0.762. The van der Waals surface area contributed by atoms with Gasteiger partial charge in [-0.2, -0.15) is 0 Å². The Morgan fingerprint density at radius 3 is 3.05 bits per heavy atom. The lowest BCUT2D eigenvalue weighted by Gasteiger charge is -2.36. The van der Waals surface area contributed by atoms with Gasteiger partial charge >= 0.3 is 6.03 Å². The van der Waals surface area contributed by atoms with Gasteiger partial charge in [-0.3, -0.25) is 0 Å². The van der Waals surface area contributed by atoms with Gasteiger partial charge < -0.3 is 20.6 Å². The number of aromatic nitrogens is 1. The van der Waals surface area contributed by atoms with Gasteiger partial charge in [-0.1, -0.05) is 11.6 Å². The van der Waals surface area contributed by atoms with Gasteiger partial charge in [0.1, 0.15) is 5.82 Å². The number of pyridine rings is 1. The number of carbonyl (C=O) groups excluding carboxylic acids is 1. The third-order valence-electron chi connectivity index (χ3n) is 4.42. The van der Waals surface area contributed by atoms with Crippen LogP contribution in [-0.2, 0) is 0 Å². The van der Waals surface area contributed by atoms with Crippen LogP contribution in [0.4, 0.5) is 10.6 Å². The molecular formula is C15H21ClN4O2. The van der Waals surface area contributed by atoms with E-state index < -0.39 is 5.60 Å². The van der Waals surface area contributed by atoms with Crippen LogP contribution in [0.2, 0.25) is 5.02 Å². The molecule has 3 N–H and O–H groups in total. The summed E-state index contributed by atoms with van der Waals surface area (Å²) < 4.78 is 0. The summed E-state index contributed by atoms with van der Waals surface area (Å²) in [6.07, 6.45) is 5.13. The van der Waals surface area contributed by atoms with Crippen molar-refractivity contribution < 1.29 is 9.90 Å². The highest BCUT2D eigenvalue weighted by atomic mass is 35.5. The van der Waals surface area contributed by atoms with E-state index in [0.717, 1.165) is 38.0 Å². The molecule has 1 saturated carbocycles. The topological polar surface area (TPSA) is 77.5 Å². The first-order chi connectivity index (χ1) is 10.6. The quantitative estimate of drug-likeness (QED) is 0.785. The average molecular weight is 325 g/mol. The van der Waals surface area contributed by atoms with Gasteiger partial charge in [-0.25, -0.2) is 9.78 Å². The van der Waals surface area contributed by atoms with Gasteiger partial charge in [0.15, 0.2) is 0 Å². The van der Waals surface area contributed by atoms with Crippen LogP contribution in [0.3, 0.4) is 0 Å². The molecule has 0 spiro atoms. The van der Waals surface area contributed by atoms with Gasteiger partial charge in [0.05, 0.1) is 10.6 Å². The van der Waals surface area contributed by atoms with Crippen molar-refractivity contribution in [2.24, 2.45) is 0 Å². The maximum Gasteiger partial charge on any atom is 0.315 e. The lowest BCUT2D eigenvalue weighted by Crippen LogP contribution is -2.51. The molecule has 0 aromatic carbocycles. The highest BCUT2D eigenvalue weighted by Gasteiger charge is 2.35. The second-order valence-corrected chi connectivity index (χ2v) is 6.55. The lowest BCUT2D eigenvalue weighted by atomic mass is 9.80. The first kappa shape index (κ1) is 15.4. The third-order valence-corrected chi connectivity index (χ3v) is 4.72. The highest BCUT2D eigenvalue weighted by molar-refractivity contribution is 6.32. The Kier molecular flexibility index (Phi) is 4.40. The summed E-state index contributed by atoms with van der Waals surface area (Å²) >= 11 is 6.15. The number of hydrogen-bond acceptors (Lipinski definition) is 4. The molecule has 1 aliphatic carbocycles. The summed E-state index contributed by atoms with van der Waals surface area (Å²) in [6.45, 7) is 1.82. The van der Waals surface area contributed by atoms with Gasteiger partial charge in [-0.15, -0.1) is 0 Å². The summed E-state index contributed by atoms with van der Waals surface area (Å²) in [4.78, 5) is 18.3. The number of amides is 2. The van der Waals surface area contributed by atoms with Crippen molar-refractivity contribution in [3.63, 3.8) is 0 Å². The Bertz CT molecular complexity index is 550. The second-order valence-electron chi connectivity index (χ2n) is 6.15. The number of urea groups is 1. The van der Waals surface area contributed by atoms with Gasteiger partial charge in [-0.05, 0) is 37.8 Å². The van der Waals surface area contributed by atoms with Gasteiger partial charge in [0.2, 0.25) is 0 Å². The molecule has 1 aromatic rings. The smallest absolute Gasteiger partial charge is 0.315 e. The summed E-state index contributed by atoms with van der Waals surface area (Å²) in [7, 11) is 0. The van der Waals surface area contributed by atoms with Crippen LogP contribution < -0.4 is 15.5 Å². The van der Waals surface area contributed by atoms with Crippen molar-refractivity contribution in [1.29, 1.82) is 0 Å². The van der Waals surface area contributed by atoms with Crippen molar-refractivity contribution in [3.8, 4) is 0 Å². The van der Waals surface area contributed by atoms with E-state index in [4.69, 9.17) is 11.6 Å². The summed E-state index contributed by atoms with van der Waals surface area (Å²) in [5.41, 5.74) is -0.694. The van der Waals surface area contributed by atoms with Crippen LogP contribution >= 0.6 is 11.6 Å². The van der Waals surface area contributed by atoms with Crippen molar-refractivity contribution in [3.05, 3.63) is 23.4 Å². The summed E-state index contributed by atoms with van der Waals surface area (Å²) in [5, 5.41) is 16.3. The van der Waals surface area contributed by atoms with E-state index in [-0.39, 0.29) is 12.1 Å². The number of aliphatic hydroxyl groups is 1.